The van der Waals surface area contributed by atoms with Gasteiger partial charge in [0.05, 0.1) is 0 Å². The molecule has 1 atom stereocenters. The molecule has 12 heavy (non-hydrogen) atoms. The minimum Gasteiger partial charge on any atom is -0.435 e. The number of hydrazine groups is 1. The SMILES string of the molecule is CCCC1OC(=O)NN(C)C1=O. The minimum absolute atomic E-state index is 0.198. The summed E-state index contributed by atoms with van der Waals surface area (Å²) in [6.07, 6.45) is 0.234. The van der Waals surface area contributed by atoms with Gasteiger partial charge in [0, 0.05) is 7.05 Å². The zero-order valence-electron chi connectivity index (χ0n) is 7.16. The molecule has 0 aromatic rings. The molecule has 0 aromatic heterocycles. The summed E-state index contributed by atoms with van der Waals surface area (Å²) in [5.41, 5.74) is 2.24. The molecule has 0 aromatic carbocycles. The van der Waals surface area contributed by atoms with Crippen LogP contribution in [0.1, 0.15) is 19.8 Å². The van der Waals surface area contributed by atoms with E-state index < -0.39 is 12.2 Å². The first-order valence-electron chi connectivity index (χ1n) is 3.90. The van der Waals surface area contributed by atoms with Crippen LogP contribution >= 0.6 is 0 Å². The molecule has 0 saturated carbocycles. The van der Waals surface area contributed by atoms with Gasteiger partial charge in [-0.3, -0.25) is 9.80 Å². The molecule has 1 saturated heterocycles. The lowest BCUT2D eigenvalue weighted by molar-refractivity contribution is -0.147. The van der Waals surface area contributed by atoms with Gasteiger partial charge < -0.3 is 4.74 Å². The summed E-state index contributed by atoms with van der Waals surface area (Å²) in [6.45, 7) is 1.93. The fourth-order valence-electron chi connectivity index (χ4n) is 1.06. The van der Waals surface area contributed by atoms with Crippen LogP contribution in [-0.4, -0.2) is 30.2 Å². The quantitative estimate of drug-likeness (QED) is 0.650. The number of amides is 2. The highest BCUT2D eigenvalue weighted by Gasteiger charge is 2.31. The van der Waals surface area contributed by atoms with Gasteiger partial charge in [0.1, 0.15) is 0 Å². The van der Waals surface area contributed by atoms with E-state index in [1.54, 1.807) is 0 Å². The van der Waals surface area contributed by atoms with Gasteiger partial charge in [-0.05, 0) is 6.42 Å². The van der Waals surface area contributed by atoms with Gasteiger partial charge in [0.2, 0.25) is 0 Å². The maximum absolute atomic E-state index is 11.2. The number of nitrogens with zero attached hydrogens (tertiary/aromatic N) is 1. The Morgan fingerprint density at radius 1 is 1.58 bits per heavy atom. The standard InChI is InChI=1S/C7H12N2O3/c1-3-4-5-6(10)9(2)8-7(11)12-5/h5H,3-4H2,1-2H3,(H,8,11). The Labute approximate surface area is 70.6 Å². The number of hydrogen-bond acceptors (Lipinski definition) is 3. The van der Waals surface area contributed by atoms with Gasteiger partial charge in [0.25, 0.3) is 5.91 Å². The lowest BCUT2D eigenvalue weighted by Gasteiger charge is -2.29. The smallest absolute Gasteiger partial charge is 0.427 e. The number of hydrogen-bond donors (Lipinski definition) is 1. The Hall–Kier alpha value is -1.26. The summed E-state index contributed by atoms with van der Waals surface area (Å²) >= 11 is 0. The number of carbonyl (C=O) groups is 2. The van der Waals surface area contributed by atoms with Gasteiger partial charge >= 0.3 is 6.09 Å². The number of cyclic esters (lactones) is 1. The van der Waals surface area contributed by atoms with Crippen LogP contribution in [0, 0.1) is 0 Å². The molecule has 1 heterocycles. The first-order valence-corrected chi connectivity index (χ1v) is 3.90. The van der Waals surface area contributed by atoms with E-state index in [9.17, 15) is 9.59 Å². The van der Waals surface area contributed by atoms with Gasteiger partial charge in [-0.15, -0.1) is 0 Å². The lowest BCUT2D eigenvalue weighted by Crippen LogP contribution is -2.55. The maximum Gasteiger partial charge on any atom is 0.427 e. The molecule has 0 aliphatic carbocycles. The van der Waals surface area contributed by atoms with E-state index in [0.717, 1.165) is 11.4 Å². The fraction of sp³-hybridized carbons (Fsp3) is 0.714. The van der Waals surface area contributed by atoms with E-state index in [2.05, 4.69) is 5.43 Å². The molecule has 5 heteroatoms. The zero-order chi connectivity index (χ0) is 9.14. The molecule has 1 aliphatic heterocycles. The van der Waals surface area contributed by atoms with Gasteiger partial charge in [-0.2, -0.15) is 0 Å². The van der Waals surface area contributed by atoms with Crippen LogP contribution < -0.4 is 5.43 Å². The van der Waals surface area contributed by atoms with Crippen LogP contribution in [0.15, 0.2) is 0 Å². The predicted octanol–water partition coefficient (Wildman–Crippen LogP) is 0.268. The Bertz CT molecular complexity index is 205. The van der Waals surface area contributed by atoms with Crippen molar-refractivity contribution < 1.29 is 14.3 Å². The van der Waals surface area contributed by atoms with E-state index in [4.69, 9.17) is 4.74 Å². The highest BCUT2D eigenvalue weighted by molar-refractivity contribution is 5.87. The maximum atomic E-state index is 11.2. The van der Waals surface area contributed by atoms with Gasteiger partial charge in [-0.1, -0.05) is 13.3 Å². The van der Waals surface area contributed by atoms with E-state index in [0.29, 0.717) is 6.42 Å². The highest BCUT2D eigenvalue weighted by Crippen LogP contribution is 2.09. The summed E-state index contributed by atoms with van der Waals surface area (Å²) in [7, 11) is 1.51. The van der Waals surface area contributed by atoms with Crippen LogP contribution in [0.5, 0.6) is 0 Å². The molecular formula is C7H12N2O3. The average Bonchev–Trinajstić information content (AvgIpc) is 2.00. The monoisotopic (exact) mass is 172 g/mol. The molecule has 1 aliphatic rings. The molecule has 1 fully saturated rings. The molecule has 0 radical (unpaired) electrons. The number of rotatable bonds is 2. The molecule has 1 unspecified atom stereocenters. The number of ether oxygens (including phenoxy) is 1. The summed E-state index contributed by atoms with van der Waals surface area (Å²) in [5, 5.41) is 1.16. The van der Waals surface area contributed by atoms with E-state index in [1.165, 1.54) is 7.05 Å². The topological polar surface area (TPSA) is 58.6 Å². The van der Waals surface area contributed by atoms with Crippen LogP contribution in [0.4, 0.5) is 4.79 Å². The van der Waals surface area contributed by atoms with Crippen LogP contribution in [0.25, 0.3) is 0 Å². The van der Waals surface area contributed by atoms with Crippen LogP contribution in [0.2, 0.25) is 0 Å². The summed E-state index contributed by atoms with van der Waals surface area (Å²) in [6, 6.07) is 0. The van der Waals surface area contributed by atoms with Crippen molar-refractivity contribution in [3.63, 3.8) is 0 Å². The first kappa shape index (κ1) is 8.83. The zero-order valence-corrected chi connectivity index (χ0v) is 7.16. The third-order valence-corrected chi connectivity index (χ3v) is 1.67. The van der Waals surface area contributed by atoms with Crippen LogP contribution in [-0.2, 0) is 9.53 Å². The van der Waals surface area contributed by atoms with Crippen molar-refractivity contribution in [1.82, 2.24) is 10.4 Å². The van der Waals surface area contributed by atoms with E-state index >= 15 is 0 Å². The van der Waals surface area contributed by atoms with E-state index in [-0.39, 0.29) is 5.91 Å². The average molecular weight is 172 g/mol. The summed E-state index contributed by atoms with van der Waals surface area (Å²) in [4.78, 5) is 22.0. The molecule has 1 N–H and O–H groups in total. The van der Waals surface area contributed by atoms with Crippen molar-refractivity contribution in [2.24, 2.45) is 0 Å². The van der Waals surface area contributed by atoms with Crippen molar-refractivity contribution in [2.45, 2.75) is 25.9 Å². The second-order valence-electron chi connectivity index (χ2n) is 2.69. The molecule has 5 nitrogen and oxygen atoms in total. The summed E-state index contributed by atoms with van der Waals surface area (Å²) < 4.78 is 4.77. The first-order chi connectivity index (χ1) is 5.65. The van der Waals surface area contributed by atoms with Crippen molar-refractivity contribution in [3.8, 4) is 0 Å². The largest absolute Gasteiger partial charge is 0.435 e. The van der Waals surface area contributed by atoms with Gasteiger partial charge in [0.15, 0.2) is 6.10 Å². The van der Waals surface area contributed by atoms with Crippen molar-refractivity contribution >= 4 is 12.0 Å². The molecule has 68 valence electrons. The third kappa shape index (κ3) is 1.66. The summed E-state index contributed by atoms with van der Waals surface area (Å²) in [5.74, 6) is -0.198. The Morgan fingerprint density at radius 3 is 2.83 bits per heavy atom. The molecule has 2 amide bonds. The Kier molecular flexibility index (Phi) is 2.52. The predicted molar refractivity (Wildman–Crippen MR) is 41.1 cm³/mol. The Morgan fingerprint density at radius 2 is 2.25 bits per heavy atom. The molecular weight excluding hydrogens is 160 g/mol. The van der Waals surface area contributed by atoms with Crippen LogP contribution in [0.3, 0.4) is 0 Å². The second-order valence-corrected chi connectivity index (χ2v) is 2.69. The number of likely N-dealkylation sites (N-methyl/N-ethyl adjacent to an activating group) is 1. The lowest BCUT2D eigenvalue weighted by atomic mass is 10.2. The molecule has 0 bridgehead atoms. The van der Waals surface area contributed by atoms with Crippen molar-refractivity contribution in [1.29, 1.82) is 0 Å². The fourth-order valence-corrected chi connectivity index (χ4v) is 1.06. The number of nitrogens with one attached hydrogen (secondary N) is 1. The molecule has 1 rings (SSSR count). The van der Waals surface area contributed by atoms with E-state index in [1.807, 2.05) is 6.92 Å². The third-order valence-electron chi connectivity index (χ3n) is 1.67. The second kappa shape index (κ2) is 3.42. The van der Waals surface area contributed by atoms with Crippen molar-refractivity contribution in [3.05, 3.63) is 0 Å². The molecule has 0 spiro atoms. The van der Waals surface area contributed by atoms with Crippen molar-refractivity contribution in [2.75, 3.05) is 7.05 Å². The Balaban J connectivity index is 2.60. The van der Waals surface area contributed by atoms with Gasteiger partial charge in [-0.25, -0.2) is 10.2 Å². The number of carbonyl (C=O) groups excluding carboxylic acids is 2. The normalized spacial score (nSPS) is 23.5. The highest BCUT2D eigenvalue weighted by atomic mass is 16.6. The minimum atomic E-state index is -0.603.